The normalized spacial score (nSPS) is 20.8. The Hall–Kier alpha value is -2.17. The van der Waals surface area contributed by atoms with E-state index in [-0.39, 0.29) is 43.6 Å². The second kappa shape index (κ2) is 8.89. The number of hydrogen-bond acceptors (Lipinski definition) is 7. The fraction of sp³-hybridized carbons (Fsp3) is 0.556. The number of esters is 1. The van der Waals surface area contributed by atoms with E-state index in [2.05, 4.69) is 0 Å². The molecular weight excluding hydrogens is 388 g/mol. The molecule has 1 amide bonds. The number of methoxy groups -OCH3 is 1. The Balaban J connectivity index is 1.50. The molecule has 1 aromatic rings. The van der Waals surface area contributed by atoms with E-state index in [1.54, 1.807) is 12.1 Å². The minimum atomic E-state index is -3.64. The highest BCUT2D eigenvalue weighted by atomic mass is 32.2. The minimum absolute atomic E-state index is 0.179. The molecule has 0 radical (unpaired) electrons. The van der Waals surface area contributed by atoms with E-state index >= 15 is 0 Å². The van der Waals surface area contributed by atoms with Crippen molar-refractivity contribution in [2.24, 2.45) is 0 Å². The average molecular weight is 412 g/mol. The van der Waals surface area contributed by atoms with Gasteiger partial charge in [0.2, 0.25) is 10.0 Å². The quantitative estimate of drug-likeness (QED) is 0.617. The predicted octanol–water partition coefficient (Wildman–Crippen LogP) is 0.250. The van der Waals surface area contributed by atoms with Gasteiger partial charge in [-0.3, -0.25) is 4.79 Å². The molecule has 0 N–H and O–H groups in total. The lowest BCUT2D eigenvalue weighted by atomic mass is 10.2. The lowest BCUT2D eigenvalue weighted by Gasteiger charge is -2.33. The Kier molecular flexibility index (Phi) is 6.53. The summed E-state index contributed by atoms with van der Waals surface area (Å²) >= 11 is 0. The molecule has 10 heteroatoms. The van der Waals surface area contributed by atoms with Crippen molar-refractivity contribution in [2.75, 3.05) is 46.5 Å². The van der Waals surface area contributed by atoms with Crippen LogP contribution in [0.2, 0.25) is 0 Å². The highest BCUT2D eigenvalue weighted by Crippen LogP contribution is 2.21. The van der Waals surface area contributed by atoms with Gasteiger partial charge in [0.15, 0.2) is 12.7 Å². The number of piperazine rings is 1. The van der Waals surface area contributed by atoms with Crippen LogP contribution in [0.3, 0.4) is 0 Å². The number of nitrogens with zero attached hydrogens (tertiary/aromatic N) is 2. The van der Waals surface area contributed by atoms with E-state index in [1.165, 1.54) is 28.4 Å². The standard InChI is InChI=1S/C18H24N2O7S/c1-25-14-4-6-15(7-5-14)28(23,24)20-10-8-19(9-11-20)17(21)13-27-18(22)16-3-2-12-26-16/h4-7,16H,2-3,8-13H2,1H3/t16-/m0/s1. The molecule has 2 heterocycles. The molecule has 1 atom stereocenters. The molecule has 0 aromatic heterocycles. The second-order valence-corrected chi connectivity index (χ2v) is 8.51. The van der Waals surface area contributed by atoms with E-state index < -0.39 is 22.1 Å². The Morgan fingerprint density at radius 1 is 1.14 bits per heavy atom. The summed E-state index contributed by atoms with van der Waals surface area (Å²) in [6, 6.07) is 6.18. The van der Waals surface area contributed by atoms with Crippen molar-refractivity contribution >= 4 is 21.9 Å². The first-order valence-electron chi connectivity index (χ1n) is 9.12. The molecule has 9 nitrogen and oxygen atoms in total. The number of amides is 1. The monoisotopic (exact) mass is 412 g/mol. The summed E-state index contributed by atoms with van der Waals surface area (Å²) in [5, 5.41) is 0. The Bertz CT molecular complexity index is 796. The minimum Gasteiger partial charge on any atom is -0.497 e. The topological polar surface area (TPSA) is 102 Å². The molecule has 1 aromatic carbocycles. The number of rotatable bonds is 6. The van der Waals surface area contributed by atoms with Gasteiger partial charge >= 0.3 is 5.97 Å². The number of benzene rings is 1. The first-order chi connectivity index (χ1) is 13.4. The van der Waals surface area contributed by atoms with Gasteiger partial charge in [-0.2, -0.15) is 4.31 Å². The summed E-state index contributed by atoms with van der Waals surface area (Å²) in [4.78, 5) is 25.7. The Morgan fingerprint density at radius 2 is 1.82 bits per heavy atom. The maximum absolute atomic E-state index is 12.7. The lowest BCUT2D eigenvalue weighted by molar-refractivity contribution is -0.160. The third-order valence-electron chi connectivity index (χ3n) is 4.82. The van der Waals surface area contributed by atoms with E-state index in [0.29, 0.717) is 18.8 Å². The SMILES string of the molecule is COc1ccc(S(=O)(=O)N2CCN(C(=O)COC(=O)[C@@H]3CCCO3)CC2)cc1. The molecule has 2 aliphatic heterocycles. The van der Waals surface area contributed by atoms with Gasteiger partial charge in [-0.25, -0.2) is 13.2 Å². The van der Waals surface area contributed by atoms with E-state index in [9.17, 15) is 18.0 Å². The molecule has 0 saturated carbocycles. The molecule has 2 fully saturated rings. The number of ether oxygens (including phenoxy) is 3. The maximum atomic E-state index is 12.7. The van der Waals surface area contributed by atoms with Crippen molar-refractivity contribution in [1.82, 2.24) is 9.21 Å². The van der Waals surface area contributed by atoms with Crippen molar-refractivity contribution in [3.8, 4) is 5.75 Å². The molecular formula is C18H24N2O7S. The summed E-state index contributed by atoms with van der Waals surface area (Å²) in [6.07, 6.45) is 0.826. The molecule has 2 aliphatic rings. The van der Waals surface area contributed by atoms with Crippen LogP contribution in [-0.4, -0.2) is 82.1 Å². The zero-order valence-corrected chi connectivity index (χ0v) is 16.5. The van der Waals surface area contributed by atoms with Gasteiger partial charge in [0, 0.05) is 32.8 Å². The Morgan fingerprint density at radius 3 is 2.39 bits per heavy atom. The zero-order chi connectivity index (χ0) is 20.1. The van der Waals surface area contributed by atoms with E-state index in [4.69, 9.17) is 14.2 Å². The summed E-state index contributed by atoms with van der Waals surface area (Å²) in [5.41, 5.74) is 0. The largest absolute Gasteiger partial charge is 0.497 e. The lowest BCUT2D eigenvalue weighted by Crippen LogP contribution is -2.51. The Labute approximate surface area is 164 Å². The van der Waals surface area contributed by atoms with E-state index in [0.717, 1.165) is 6.42 Å². The van der Waals surface area contributed by atoms with Crippen LogP contribution in [0.4, 0.5) is 0 Å². The van der Waals surface area contributed by atoms with Crippen LogP contribution in [0, 0.1) is 0 Å². The second-order valence-electron chi connectivity index (χ2n) is 6.57. The van der Waals surface area contributed by atoms with Crippen LogP contribution in [0.1, 0.15) is 12.8 Å². The average Bonchev–Trinajstić information content (AvgIpc) is 3.27. The van der Waals surface area contributed by atoms with Crippen LogP contribution in [0.15, 0.2) is 29.2 Å². The smallest absolute Gasteiger partial charge is 0.335 e. The van der Waals surface area contributed by atoms with Gasteiger partial charge in [-0.05, 0) is 37.1 Å². The van der Waals surface area contributed by atoms with Crippen LogP contribution >= 0.6 is 0 Å². The van der Waals surface area contributed by atoms with Crippen LogP contribution in [0.5, 0.6) is 5.75 Å². The van der Waals surface area contributed by atoms with Crippen molar-refractivity contribution < 1.29 is 32.2 Å². The summed E-state index contributed by atoms with van der Waals surface area (Å²) in [7, 11) is -2.12. The predicted molar refractivity (Wildman–Crippen MR) is 98.3 cm³/mol. The van der Waals surface area contributed by atoms with Crippen LogP contribution < -0.4 is 4.74 Å². The van der Waals surface area contributed by atoms with Gasteiger partial charge < -0.3 is 19.1 Å². The molecule has 3 rings (SSSR count). The first-order valence-corrected chi connectivity index (χ1v) is 10.6. The highest BCUT2D eigenvalue weighted by Gasteiger charge is 2.31. The third-order valence-corrected chi connectivity index (χ3v) is 6.73. The number of hydrogen-bond donors (Lipinski definition) is 0. The fourth-order valence-electron chi connectivity index (χ4n) is 3.16. The fourth-order valence-corrected chi connectivity index (χ4v) is 4.58. The molecule has 0 bridgehead atoms. The molecule has 0 unspecified atom stereocenters. The van der Waals surface area contributed by atoms with Crippen molar-refractivity contribution in [1.29, 1.82) is 0 Å². The summed E-state index contributed by atoms with van der Waals surface area (Å²) in [5.74, 6) is -0.286. The van der Waals surface area contributed by atoms with Crippen molar-refractivity contribution in [3.05, 3.63) is 24.3 Å². The molecule has 0 spiro atoms. The van der Waals surface area contributed by atoms with E-state index in [1.807, 2.05) is 0 Å². The number of carbonyl (C=O) groups is 2. The van der Waals surface area contributed by atoms with Gasteiger partial charge in [0.25, 0.3) is 5.91 Å². The van der Waals surface area contributed by atoms with Gasteiger partial charge in [0.1, 0.15) is 5.75 Å². The van der Waals surface area contributed by atoms with Gasteiger partial charge in [-0.15, -0.1) is 0 Å². The van der Waals surface area contributed by atoms with Gasteiger partial charge in [-0.1, -0.05) is 0 Å². The number of carbonyl (C=O) groups excluding carboxylic acids is 2. The zero-order valence-electron chi connectivity index (χ0n) is 15.7. The molecule has 2 saturated heterocycles. The third kappa shape index (κ3) is 4.62. The molecule has 28 heavy (non-hydrogen) atoms. The number of sulfonamides is 1. The first kappa shape index (κ1) is 20.6. The van der Waals surface area contributed by atoms with Crippen molar-refractivity contribution in [2.45, 2.75) is 23.8 Å². The summed E-state index contributed by atoms with van der Waals surface area (Å²) in [6.45, 7) is 1.01. The highest BCUT2D eigenvalue weighted by molar-refractivity contribution is 7.89. The molecule has 154 valence electrons. The summed E-state index contributed by atoms with van der Waals surface area (Å²) < 4.78 is 42.1. The van der Waals surface area contributed by atoms with Crippen LogP contribution in [-0.2, 0) is 29.1 Å². The molecule has 0 aliphatic carbocycles. The maximum Gasteiger partial charge on any atom is 0.335 e. The van der Waals surface area contributed by atoms with Gasteiger partial charge in [0.05, 0.1) is 12.0 Å². The van der Waals surface area contributed by atoms with Crippen LogP contribution in [0.25, 0.3) is 0 Å². The van der Waals surface area contributed by atoms with Crippen molar-refractivity contribution in [3.63, 3.8) is 0 Å².